The Morgan fingerprint density at radius 3 is 2.94 bits per heavy atom. The van der Waals surface area contributed by atoms with E-state index in [4.69, 9.17) is 19.5 Å². The molecular weight excluding hydrogens is 208 g/mol. The summed E-state index contributed by atoms with van der Waals surface area (Å²) in [5.41, 5.74) is 0. The summed E-state index contributed by atoms with van der Waals surface area (Å²) in [6, 6.07) is 2.31. The molecule has 2 rings (SSSR count). The second kappa shape index (κ2) is 4.30. The van der Waals surface area contributed by atoms with Gasteiger partial charge >= 0.3 is 0 Å². The van der Waals surface area contributed by atoms with Crippen molar-refractivity contribution >= 4 is 0 Å². The molecule has 0 N–H and O–H groups in total. The minimum Gasteiger partial charge on any atom is -0.369 e. The Morgan fingerprint density at radius 2 is 2.38 bits per heavy atom. The first-order valence-electron chi connectivity index (χ1n) is 5.59. The van der Waals surface area contributed by atoms with Crippen LogP contribution in [-0.4, -0.2) is 56.7 Å². The van der Waals surface area contributed by atoms with Crippen molar-refractivity contribution in [2.75, 3.05) is 33.9 Å². The third-order valence-corrected chi connectivity index (χ3v) is 3.49. The molecule has 2 heterocycles. The summed E-state index contributed by atoms with van der Waals surface area (Å²) in [5, 5.41) is 9.07. The third kappa shape index (κ3) is 1.54. The maximum absolute atomic E-state index is 9.07. The fourth-order valence-electron chi connectivity index (χ4n) is 2.81. The molecule has 0 aromatic carbocycles. The minimum absolute atomic E-state index is 0.0158. The molecule has 0 radical (unpaired) electrons. The van der Waals surface area contributed by atoms with Gasteiger partial charge in [-0.05, 0) is 14.0 Å². The van der Waals surface area contributed by atoms with Crippen LogP contribution in [-0.2, 0) is 14.2 Å². The Kier molecular flexibility index (Phi) is 3.17. The number of rotatable bonds is 3. The number of methoxy groups -OCH3 is 1. The van der Waals surface area contributed by atoms with Gasteiger partial charge in [0.2, 0.25) is 5.79 Å². The molecule has 16 heavy (non-hydrogen) atoms. The van der Waals surface area contributed by atoms with Crippen LogP contribution >= 0.6 is 0 Å². The summed E-state index contributed by atoms with van der Waals surface area (Å²) in [4.78, 5) is 2.10. The Hall–Kier alpha value is -0.670. The fourth-order valence-corrected chi connectivity index (χ4v) is 2.81. The second-order valence-electron chi connectivity index (χ2n) is 4.34. The first kappa shape index (κ1) is 11.8. The molecule has 2 aliphatic heterocycles. The van der Waals surface area contributed by atoms with Crippen molar-refractivity contribution in [3.05, 3.63) is 0 Å². The monoisotopic (exact) mass is 226 g/mol. The Labute approximate surface area is 95.9 Å². The van der Waals surface area contributed by atoms with Gasteiger partial charge in [0.15, 0.2) is 0 Å². The van der Waals surface area contributed by atoms with Gasteiger partial charge in [0.05, 0.1) is 24.1 Å². The highest BCUT2D eigenvalue weighted by molar-refractivity contribution is 5.11. The molecule has 0 aromatic rings. The number of hydrogen-bond acceptors (Lipinski definition) is 5. The van der Waals surface area contributed by atoms with Crippen LogP contribution in [0.4, 0.5) is 0 Å². The number of nitrogens with zero attached hydrogens (tertiary/aromatic N) is 2. The lowest BCUT2D eigenvalue weighted by Gasteiger charge is -2.34. The van der Waals surface area contributed by atoms with Crippen LogP contribution in [0.2, 0.25) is 0 Å². The van der Waals surface area contributed by atoms with Crippen LogP contribution in [0.3, 0.4) is 0 Å². The maximum Gasteiger partial charge on any atom is 0.210 e. The van der Waals surface area contributed by atoms with Crippen molar-refractivity contribution in [2.45, 2.75) is 24.9 Å². The zero-order valence-electron chi connectivity index (χ0n) is 9.97. The topological polar surface area (TPSA) is 54.7 Å². The van der Waals surface area contributed by atoms with Gasteiger partial charge in [0, 0.05) is 20.3 Å². The number of likely N-dealkylation sites (tertiary alicyclic amines) is 1. The van der Waals surface area contributed by atoms with Gasteiger partial charge in [-0.25, -0.2) is 0 Å². The predicted octanol–water partition coefficient (Wildman–Crippen LogP) is 0.218. The van der Waals surface area contributed by atoms with Crippen molar-refractivity contribution in [2.24, 2.45) is 5.92 Å². The predicted molar refractivity (Wildman–Crippen MR) is 56.6 cm³/mol. The molecule has 90 valence electrons. The molecule has 4 atom stereocenters. The average molecular weight is 226 g/mol. The van der Waals surface area contributed by atoms with E-state index in [1.807, 2.05) is 14.0 Å². The van der Waals surface area contributed by atoms with Gasteiger partial charge in [0.1, 0.15) is 6.61 Å². The molecule has 0 amide bonds. The lowest BCUT2D eigenvalue weighted by molar-refractivity contribution is -0.237. The van der Waals surface area contributed by atoms with Crippen molar-refractivity contribution in [3.8, 4) is 6.07 Å². The summed E-state index contributed by atoms with van der Waals surface area (Å²) in [6.07, 6.45) is -0.0958. The van der Waals surface area contributed by atoms with Crippen LogP contribution in [0.5, 0.6) is 0 Å². The number of nitriles is 1. The van der Waals surface area contributed by atoms with E-state index in [0.717, 1.165) is 0 Å². The van der Waals surface area contributed by atoms with Crippen molar-refractivity contribution < 1.29 is 14.2 Å². The highest BCUT2D eigenvalue weighted by atomic mass is 16.7. The molecule has 5 heteroatoms. The summed E-state index contributed by atoms with van der Waals surface area (Å²) in [5.74, 6) is -0.799. The summed E-state index contributed by atoms with van der Waals surface area (Å²) in [6.45, 7) is 3.62. The van der Waals surface area contributed by atoms with Crippen LogP contribution < -0.4 is 0 Å². The molecule has 5 nitrogen and oxygen atoms in total. The number of hydrogen-bond donors (Lipinski definition) is 0. The van der Waals surface area contributed by atoms with Gasteiger partial charge in [-0.3, -0.25) is 4.90 Å². The Bertz CT molecular complexity index is 304. The van der Waals surface area contributed by atoms with Gasteiger partial charge in [-0.1, -0.05) is 0 Å². The first-order valence-corrected chi connectivity index (χ1v) is 5.59. The van der Waals surface area contributed by atoms with E-state index in [2.05, 4.69) is 11.0 Å². The molecule has 2 saturated heterocycles. The van der Waals surface area contributed by atoms with Crippen LogP contribution in [0.25, 0.3) is 0 Å². The maximum atomic E-state index is 9.07. The average Bonchev–Trinajstić information content (AvgIpc) is 2.80. The van der Waals surface area contributed by atoms with Crippen LogP contribution in [0, 0.1) is 17.2 Å². The van der Waals surface area contributed by atoms with E-state index in [9.17, 15) is 0 Å². The number of fused-ring (bicyclic) bond motifs is 1. The van der Waals surface area contributed by atoms with Crippen LogP contribution in [0.15, 0.2) is 0 Å². The van der Waals surface area contributed by atoms with Crippen molar-refractivity contribution in [1.29, 1.82) is 5.26 Å². The molecule has 0 aliphatic carbocycles. The Morgan fingerprint density at radius 1 is 1.62 bits per heavy atom. The molecule has 0 aromatic heterocycles. The van der Waals surface area contributed by atoms with Crippen molar-refractivity contribution in [1.82, 2.24) is 4.90 Å². The number of likely N-dealkylation sites (N-methyl/N-ethyl adjacent to an activating group) is 1. The zero-order valence-corrected chi connectivity index (χ0v) is 9.97. The van der Waals surface area contributed by atoms with E-state index < -0.39 is 5.79 Å². The second-order valence-corrected chi connectivity index (χ2v) is 4.34. The summed E-state index contributed by atoms with van der Waals surface area (Å²) >= 11 is 0. The van der Waals surface area contributed by atoms with Gasteiger partial charge in [-0.2, -0.15) is 5.26 Å². The molecule has 0 saturated carbocycles. The minimum atomic E-state index is -0.709. The molecule has 2 fully saturated rings. The quantitative estimate of drug-likeness (QED) is 0.644. The fraction of sp³-hybridized carbons (Fsp3) is 0.909. The van der Waals surface area contributed by atoms with Crippen LogP contribution in [0.1, 0.15) is 6.92 Å². The number of ether oxygens (including phenoxy) is 3. The molecule has 4 unspecified atom stereocenters. The Balaban J connectivity index is 2.24. The molecule has 0 spiro atoms. The SMILES string of the molecule is CCOC1(OC)COC2C(C#N)CN(C)C21. The molecule has 2 aliphatic rings. The van der Waals surface area contributed by atoms with Gasteiger partial charge in [-0.15, -0.1) is 0 Å². The van der Waals surface area contributed by atoms with E-state index in [1.165, 1.54) is 0 Å². The highest BCUT2D eigenvalue weighted by Gasteiger charge is 2.59. The first-order chi connectivity index (χ1) is 7.68. The molecular formula is C11H18N2O3. The van der Waals surface area contributed by atoms with Gasteiger partial charge in [0.25, 0.3) is 0 Å². The zero-order chi connectivity index (χ0) is 11.8. The molecule has 0 bridgehead atoms. The normalized spacial score (nSPS) is 43.2. The van der Waals surface area contributed by atoms with E-state index in [-0.39, 0.29) is 18.1 Å². The summed E-state index contributed by atoms with van der Waals surface area (Å²) < 4.78 is 16.9. The smallest absolute Gasteiger partial charge is 0.210 e. The van der Waals surface area contributed by atoms with E-state index in [1.54, 1.807) is 7.11 Å². The lowest BCUT2D eigenvalue weighted by Crippen LogP contribution is -2.52. The standard InChI is InChI=1S/C11H18N2O3/c1-4-16-11(14-3)7-15-9-8(5-12)6-13(2)10(9)11/h8-10H,4,6-7H2,1-3H3. The largest absolute Gasteiger partial charge is 0.369 e. The van der Waals surface area contributed by atoms with Crippen molar-refractivity contribution in [3.63, 3.8) is 0 Å². The van der Waals surface area contributed by atoms with E-state index in [0.29, 0.717) is 19.8 Å². The highest BCUT2D eigenvalue weighted by Crippen LogP contribution is 2.40. The summed E-state index contributed by atoms with van der Waals surface area (Å²) in [7, 11) is 3.62. The van der Waals surface area contributed by atoms with E-state index >= 15 is 0 Å². The lowest BCUT2D eigenvalue weighted by atomic mass is 10.00. The van der Waals surface area contributed by atoms with Gasteiger partial charge < -0.3 is 14.2 Å². The third-order valence-electron chi connectivity index (χ3n) is 3.49.